The van der Waals surface area contributed by atoms with Crippen LogP contribution in [0.3, 0.4) is 0 Å². The largest absolute Gasteiger partial charge is 0.435 e. The predicted octanol–water partition coefficient (Wildman–Crippen LogP) is 1.77. The summed E-state index contributed by atoms with van der Waals surface area (Å²) in [7, 11) is -3.24. The summed E-state index contributed by atoms with van der Waals surface area (Å²) in [6, 6.07) is 3.04. The van der Waals surface area contributed by atoms with E-state index in [4.69, 9.17) is 0 Å². The predicted molar refractivity (Wildman–Crippen MR) is 82.2 cm³/mol. The zero-order valence-corrected chi connectivity index (χ0v) is 13.9. The van der Waals surface area contributed by atoms with Crippen molar-refractivity contribution in [2.24, 2.45) is 11.0 Å². The van der Waals surface area contributed by atoms with Gasteiger partial charge in [-0.3, -0.25) is 4.79 Å². The van der Waals surface area contributed by atoms with Gasteiger partial charge in [-0.1, -0.05) is 0 Å². The molecule has 26 heavy (non-hydrogen) atoms. The quantitative estimate of drug-likeness (QED) is 0.429. The first-order valence-corrected chi connectivity index (χ1v) is 9.05. The second-order valence-electron chi connectivity index (χ2n) is 5.29. The van der Waals surface area contributed by atoms with Crippen LogP contribution in [0.5, 0.6) is 11.5 Å². The number of halogens is 4. The Bertz CT molecular complexity index is 786. The summed E-state index contributed by atoms with van der Waals surface area (Å²) >= 11 is 0. The SMILES string of the molecule is O=C(N/N=C\c1ccc(OC(F)F)cc1OC(F)F)[C@H]1CCS(=O)(=O)C1. The molecule has 0 aromatic heterocycles. The van der Waals surface area contributed by atoms with Gasteiger partial charge in [0.05, 0.1) is 23.6 Å². The molecule has 1 aromatic rings. The molecule has 0 bridgehead atoms. The van der Waals surface area contributed by atoms with Crippen molar-refractivity contribution in [3.8, 4) is 11.5 Å². The maximum atomic E-state index is 12.4. The van der Waals surface area contributed by atoms with Gasteiger partial charge in [-0.15, -0.1) is 0 Å². The maximum Gasteiger partial charge on any atom is 0.387 e. The van der Waals surface area contributed by atoms with Gasteiger partial charge in [0.2, 0.25) is 5.91 Å². The molecule has 2 rings (SSSR count). The number of rotatable bonds is 7. The average Bonchev–Trinajstić information content (AvgIpc) is 2.88. The number of sulfone groups is 1. The smallest absolute Gasteiger partial charge is 0.387 e. The van der Waals surface area contributed by atoms with E-state index >= 15 is 0 Å². The second-order valence-corrected chi connectivity index (χ2v) is 7.52. The fourth-order valence-corrected chi connectivity index (χ4v) is 4.00. The molecule has 0 unspecified atom stereocenters. The summed E-state index contributed by atoms with van der Waals surface area (Å²) in [5.74, 6) is -2.62. The summed E-state index contributed by atoms with van der Waals surface area (Å²) in [5, 5.41) is 3.56. The topological polar surface area (TPSA) is 94.1 Å². The van der Waals surface area contributed by atoms with E-state index in [9.17, 15) is 30.8 Å². The van der Waals surface area contributed by atoms with E-state index in [-0.39, 0.29) is 23.5 Å². The molecule has 1 amide bonds. The fraction of sp³-hybridized carbons (Fsp3) is 0.429. The highest BCUT2D eigenvalue weighted by Crippen LogP contribution is 2.26. The lowest BCUT2D eigenvalue weighted by Gasteiger charge is -2.11. The second kappa shape index (κ2) is 8.34. The molecule has 7 nitrogen and oxygen atoms in total. The van der Waals surface area contributed by atoms with Crippen LogP contribution in [0.1, 0.15) is 12.0 Å². The van der Waals surface area contributed by atoms with Gasteiger partial charge in [0.15, 0.2) is 9.84 Å². The molecule has 1 fully saturated rings. The van der Waals surface area contributed by atoms with Crippen molar-refractivity contribution < 1.29 is 40.2 Å². The summed E-state index contributed by atoms with van der Waals surface area (Å²) in [6.07, 6.45) is 1.13. The number of amides is 1. The monoisotopic (exact) mass is 398 g/mol. The standard InChI is InChI=1S/C14H14F4N2O5S/c15-13(16)24-10-2-1-8(11(5-10)25-14(17)18)6-19-20-12(21)9-3-4-26(22,23)7-9/h1-2,5-6,9,13-14H,3-4,7H2,(H,20,21)/b19-6-/t9-/m0/s1. The zero-order chi connectivity index (χ0) is 19.3. The summed E-state index contributed by atoms with van der Waals surface area (Å²) in [6.45, 7) is -6.36. The van der Waals surface area contributed by atoms with Crippen LogP contribution in [-0.2, 0) is 14.6 Å². The number of hydrogen-bond donors (Lipinski definition) is 1. The molecule has 1 heterocycles. The van der Waals surface area contributed by atoms with Crippen LogP contribution in [0.15, 0.2) is 23.3 Å². The van der Waals surface area contributed by atoms with Crippen molar-refractivity contribution in [2.45, 2.75) is 19.6 Å². The van der Waals surface area contributed by atoms with Crippen LogP contribution >= 0.6 is 0 Å². The number of ether oxygens (including phenoxy) is 2. The lowest BCUT2D eigenvalue weighted by atomic mass is 10.1. The van der Waals surface area contributed by atoms with E-state index in [1.165, 1.54) is 0 Å². The van der Waals surface area contributed by atoms with E-state index in [2.05, 4.69) is 20.0 Å². The summed E-state index contributed by atoms with van der Waals surface area (Å²) < 4.78 is 80.2. The summed E-state index contributed by atoms with van der Waals surface area (Å²) in [4.78, 5) is 11.8. The van der Waals surface area contributed by atoms with Gasteiger partial charge in [0.1, 0.15) is 11.5 Å². The maximum absolute atomic E-state index is 12.4. The Hall–Kier alpha value is -2.37. The van der Waals surface area contributed by atoms with Crippen LogP contribution in [0.25, 0.3) is 0 Å². The van der Waals surface area contributed by atoms with Crippen LogP contribution in [-0.4, -0.2) is 45.3 Å². The van der Waals surface area contributed by atoms with Crippen molar-refractivity contribution >= 4 is 22.0 Å². The first-order valence-electron chi connectivity index (χ1n) is 7.23. The molecule has 0 aliphatic carbocycles. The molecule has 0 saturated carbocycles. The van der Waals surface area contributed by atoms with Crippen molar-refractivity contribution in [1.82, 2.24) is 5.43 Å². The minimum absolute atomic E-state index is 0.0359. The van der Waals surface area contributed by atoms with Gasteiger partial charge in [0.25, 0.3) is 0 Å². The van der Waals surface area contributed by atoms with Crippen molar-refractivity contribution in [2.75, 3.05) is 11.5 Å². The Balaban J connectivity index is 2.07. The highest BCUT2D eigenvalue weighted by Gasteiger charge is 2.32. The van der Waals surface area contributed by atoms with Crippen molar-refractivity contribution in [3.05, 3.63) is 23.8 Å². The van der Waals surface area contributed by atoms with Gasteiger partial charge >= 0.3 is 13.2 Å². The highest BCUT2D eigenvalue weighted by atomic mass is 32.2. The Labute approximate surface area is 145 Å². The zero-order valence-electron chi connectivity index (χ0n) is 13.1. The van der Waals surface area contributed by atoms with Crippen molar-refractivity contribution in [3.63, 3.8) is 0 Å². The van der Waals surface area contributed by atoms with E-state index in [1.54, 1.807) is 0 Å². The van der Waals surface area contributed by atoms with Crippen LogP contribution in [0, 0.1) is 5.92 Å². The molecule has 0 radical (unpaired) electrons. The molecular weight excluding hydrogens is 384 g/mol. The summed E-state index contributed by atoms with van der Waals surface area (Å²) in [5.41, 5.74) is 2.07. The molecule has 1 N–H and O–H groups in total. The van der Waals surface area contributed by atoms with Crippen LogP contribution < -0.4 is 14.9 Å². The number of alkyl halides is 4. The Morgan fingerprint density at radius 2 is 1.92 bits per heavy atom. The van der Waals surface area contributed by atoms with Gasteiger partial charge in [0, 0.05) is 11.6 Å². The van der Waals surface area contributed by atoms with E-state index in [0.717, 1.165) is 24.4 Å². The van der Waals surface area contributed by atoms with Gasteiger partial charge in [-0.05, 0) is 18.6 Å². The minimum atomic E-state index is -3.24. The molecule has 1 aromatic carbocycles. The Morgan fingerprint density at radius 3 is 2.50 bits per heavy atom. The number of carbonyl (C=O) groups is 1. The molecular formula is C14H14F4N2O5S. The molecule has 12 heteroatoms. The lowest BCUT2D eigenvalue weighted by molar-refractivity contribution is -0.124. The molecule has 0 spiro atoms. The van der Waals surface area contributed by atoms with Crippen molar-refractivity contribution in [1.29, 1.82) is 0 Å². The first-order chi connectivity index (χ1) is 12.2. The lowest BCUT2D eigenvalue weighted by Crippen LogP contribution is -2.27. The Kier molecular flexibility index (Phi) is 6.40. The van der Waals surface area contributed by atoms with Crippen LogP contribution in [0.2, 0.25) is 0 Å². The highest BCUT2D eigenvalue weighted by molar-refractivity contribution is 7.91. The van der Waals surface area contributed by atoms with Gasteiger partial charge < -0.3 is 9.47 Å². The number of hydrogen-bond acceptors (Lipinski definition) is 6. The third kappa shape index (κ3) is 5.86. The molecule has 1 aliphatic rings. The normalized spacial score (nSPS) is 19.2. The van der Waals surface area contributed by atoms with Gasteiger partial charge in [-0.2, -0.15) is 22.7 Å². The minimum Gasteiger partial charge on any atom is -0.435 e. The van der Waals surface area contributed by atoms with Crippen LogP contribution in [0.4, 0.5) is 17.6 Å². The van der Waals surface area contributed by atoms with Gasteiger partial charge in [-0.25, -0.2) is 13.8 Å². The molecule has 144 valence electrons. The Morgan fingerprint density at radius 1 is 1.23 bits per heavy atom. The number of hydrazone groups is 1. The number of benzene rings is 1. The van der Waals surface area contributed by atoms with E-state index in [1.807, 2.05) is 0 Å². The third-order valence-corrected chi connectivity index (χ3v) is 5.18. The van der Waals surface area contributed by atoms with E-state index in [0.29, 0.717) is 0 Å². The fourth-order valence-electron chi connectivity index (χ4n) is 2.25. The molecule has 1 aliphatic heterocycles. The first kappa shape index (κ1) is 19.9. The third-order valence-electron chi connectivity index (χ3n) is 3.41. The molecule has 1 saturated heterocycles. The molecule has 1 atom stereocenters. The number of nitrogens with zero attached hydrogens (tertiary/aromatic N) is 1. The number of nitrogens with one attached hydrogen (secondary N) is 1. The number of carbonyl (C=O) groups excluding carboxylic acids is 1. The average molecular weight is 398 g/mol. The van der Waals surface area contributed by atoms with E-state index < -0.39 is 46.4 Å².